The molecule has 2 atom stereocenters. The molecule has 0 aliphatic rings. The predicted molar refractivity (Wildman–Crippen MR) is 117 cm³/mol. The highest BCUT2D eigenvalue weighted by atomic mass is 33.1. The van der Waals surface area contributed by atoms with Crippen LogP contribution in [0, 0.1) is 0 Å². The summed E-state index contributed by atoms with van der Waals surface area (Å²) >= 11 is 0. The fraction of sp³-hybridized carbons (Fsp3) is 0.200. The predicted octanol–water partition coefficient (Wildman–Crippen LogP) is 1.69. The summed E-state index contributed by atoms with van der Waals surface area (Å²) < 4.78 is 0. The normalized spacial score (nSPS) is 12.5. The molecule has 0 bridgehead atoms. The number of rotatable bonds is 9. The van der Waals surface area contributed by atoms with Gasteiger partial charge in [0.2, 0.25) is 11.8 Å². The van der Waals surface area contributed by atoms with Crippen molar-refractivity contribution >= 4 is 45.2 Å². The zero-order valence-corrected chi connectivity index (χ0v) is 18.0. The minimum Gasteiger partial charge on any atom is -0.368 e. The molecule has 2 aromatic carbocycles. The van der Waals surface area contributed by atoms with Crippen molar-refractivity contribution in [1.82, 2.24) is 10.6 Å². The molecule has 0 aromatic heterocycles. The lowest BCUT2D eigenvalue weighted by atomic mass is 10.2. The quantitative estimate of drug-likeness (QED) is 0.432. The lowest BCUT2D eigenvalue weighted by Gasteiger charge is -2.14. The first-order valence-corrected chi connectivity index (χ1v) is 11.1. The van der Waals surface area contributed by atoms with Gasteiger partial charge in [0.1, 0.15) is 12.1 Å². The average Bonchev–Trinajstić information content (AvgIpc) is 2.72. The second-order valence-corrected chi connectivity index (χ2v) is 8.57. The first-order chi connectivity index (χ1) is 14.2. The Bertz CT molecular complexity index is 890. The van der Waals surface area contributed by atoms with Crippen molar-refractivity contribution in [3.63, 3.8) is 0 Å². The van der Waals surface area contributed by atoms with E-state index in [-0.39, 0.29) is 0 Å². The van der Waals surface area contributed by atoms with Crippen molar-refractivity contribution in [2.75, 3.05) is 0 Å². The van der Waals surface area contributed by atoms with Crippen LogP contribution < -0.4 is 22.1 Å². The molecule has 0 saturated carbocycles. The van der Waals surface area contributed by atoms with Crippen LogP contribution in [-0.4, -0.2) is 35.7 Å². The highest BCUT2D eigenvalue weighted by Gasteiger charge is 2.19. The summed E-state index contributed by atoms with van der Waals surface area (Å²) in [6.45, 7) is 3.01. The van der Waals surface area contributed by atoms with E-state index in [4.69, 9.17) is 11.5 Å². The number of hydrogen-bond acceptors (Lipinski definition) is 6. The zero-order valence-electron chi connectivity index (χ0n) is 16.4. The Morgan fingerprint density at radius 3 is 1.37 bits per heavy atom. The van der Waals surface area contributed by atoms with Crippen LogP contribution in [0.3, 0.4) is 0 Å². The highest BCUT2D eigenvalue weighted by Crippen LogP contribution is 2.40. The molecule has 0 spiro atoms. The van der Waals surface area contributed by atoms with E-state index < -0.39 is 35.7 Å². The second-order valence-electron chi connectivity index (χ2n) is 6.35. The SMILES string of the molecule is C[C@H](NC(=O)c1ccccc1SSc1ccccc1C(=O)N[C@@H](C)C(N)=O)C(N)=O. The maximum absolute atomic E-state index is 12.5. The van der Waals surface area contributed by atoms with Crippen LogP contribution in [-0.2, 0) is 9.59 Å². The Morgan fingerprint density at radius 2 is 1.03 bits per heavy atom. The van der Waals surface area contributed by atoms with Gasteiger partial charge < -0.3 is 22.1 Å². The third-order valence-electron chi connectivity index (χ3n) is 4.03. The van der Waals surface area contributed by atoms with Crippen LogP contribution in [0.4, 0.5) is 0 Å². The first-order valence-electron chi connectivity index (χ1n) is 8.93. The van der Waals surface area contributed by atoms with Crippen LogP contribution in [0.2, 0.25) is 0 Å². The van der Waals surface area contributed by atoms with Crippen LogP contribution >= 0.6 is 21.6 Å². The first kappa shape index (κ1) is 23.3. The van der Waals surface area contributed by atoms with E-state index in [2.05, 4.69) is 10.6 Å². The van der Waals surface area contributed by atoms with Gasteiger partial charge in [0.25, 0.3) is 11.8 Å². The Hall–Kier alpha value is -2.98. The fourth-order valence-electron chi connectivity index (χ4n) is 2.23. The second kappa shape index (κ2) is 10.7. The fourth-order valence-corrected chi connectivity index (χ4v) is 4.59. The minimum atomic E-state index is -0.806. The number of carbonyl (C=O) groups is 4. The molecule has 0 fully saturated rings. The molecule has 2 rings (SSSR count). The summed E-state index contributed by atoms with van der Waals surface area (Å²) in [6, 6.07) is 12.2. The number of benzene rings is 2. The largest absolute Gasteiger partial charge is 0.368 e. The molecular formula is C20H22N4O4S2. The van der Waals surface area contributed by atoms with Gasteiger partial charge in [-0.3, -0.25) is 19.2 Å². The van der Waals surface area contributed by atoms with E-state index >= 15 is 0 Å². The van der Waals surface area contributed by atoms with E-state index in [1.54, 1.807) is 48.5 Å². The van der Waals surface area contributed by atoms with Crippen LogP contribution in [0.15, 0.2) is 58.3 Å². The summed E-state index contributed by atoms with van der Waals surface area (Å²) in [5.41, 5.74) is 11.2. The monoisotopic (exact) mass is 446 g/mol. The Morgan fingerprint density at radius 1 is 0.700 bits per heavy atom. The summed E-state index contributed by atoms with van der Waals surface area (Å²) in [5.74, 6) is -2.11. The molecule has 10 heteroatoms. The number of carbonyl (C=O) groups excluding carboxylic acids is 4. The van der Waals surface area contributed by atoms with Crippen LogP contribution in [0.1, 0.15) is 34.6 Å². The van der Waals surface area contributed by atoms with Gasteiger partial charge in [0.05, 0.1) is 11.1 Å². The molecule has 0 radical (unpaired) electrons. The van der Waals surface area contributed by atoms with Gasteiger partial charge in [0, 0.05) is 9.79 Å². The number of primary amides is 2. The lowest BCUT2D eigenvalue weighted by molar-refractivity contribution is -0.120. The molecule has 8 nitrogen and oxygen atoms in total. The highest BCUT2D eigenvalue weighted by molar-refractivity contribution is 8.76. The van der Waals surface area contributed by atoms with Gasteiger partial charge in [-0.2, -0.15) is 0 Å². The van der Waals surface area contributed by atoms with Crippen molar-refractivity contribution in [2.45, 2.75) is 35.7 Å². The van der Waals surface area contributed by atoms with E-state index in [1.165, 1.54) is 35.4 Å². The third kappa shape index (κ3) is 6.26. The number of amides is 4. The molecule has 2 aromatic rings. The molecule has 4 amide bonds. The maximum Gasteiger partial charge on any atom is 0.253 e. The maximum atomic E-state index is 12.5. The molecule has 0 aliphatic heterocycles. The minimum absolute atomic E-state index is 0.382. The molecule has 6 N–H and O–H groups in total. The summed E-state index contributed by atoms with van der Waals surface area (Å²) in [6.07, 6.45) is 0. The summed E-state index contributed by atoms with van der Waals surface area (Å²) in [5, 5.41) is 5.10. The Kier molecular flexibility index (Phi) is 8.31. The van der Waals surface area contributed by atoms with Gasteiger partial charge in [-0.1, -0.05) is 45.9 Å². The summed E-state index contributed by atoms with van der Waals surface area (Å²) in [4.78, 5) is 48.7. The van der Waals surface area contributed by atoms with Crippen LogP contribution in [0.5, 0.6) is 0 Å². The van der Waals surface area contributed by atoms with Crippen LogP contribution in [0.25, 0.3) is 0 Å². The molecular weight excluding hydrogens is 424 g/mol. The van der Waals surface area contributed by atoms with E-state index in [0.717, 1.165) is 0 Å². The standard InChI is InChI=1S/C20H22N4O4S2/c1-11(17(21)25)23-19(27)13-7-3-5-9-15(13)29-30-16-10-6-4-8-14(16)20(28)24-12(2)18(22)26/h3-12H,1-2H3,(H2,21,25)(H2,22,26)(H,23,27)(H,24,28)/t11-,12-/m0/s1. The van der Waals surface area contributed by atoms with Crippen molar-refractivity contribution < 1.29 is 19.2 Å². The Balaban J connectivity index is 2.17. The van der Waals surface area contributed by atoms with Crippen molar-refractivity contribution in [3.8, 4) is 0 Å². The number of hydrogen-bond donors (Lipinski definition) is 4. The van der Waals surface area contributed by atoms with E-state index in [1.807, 2.05) is 0 Å². The number of nitrogens with two attached hydrogens (primary N) is 2. The molecule has 158 valence electrons. The van der Waals surface area contributed by atoms with Crippen molar-refractivity contribution in [3.05, 3.63) is 59.7 Å². The number of nitrogens with one attached hydrogen (secondary N) is 2. The molecule has 0 unspecified atom stereocenters. The van der Waals surface area contributed by atoms with Crippen molar-refractivity contribution in [1.29, 1.82) is 0 Å². The van der Waals surface area contributed by atoms with Gasteiger partial charge in [-0.05, 0) is 38.1 Å². The Labute approximate surface area is 181 Å². The molecule has 0 saturated heterocycles. The van der Waals surface area contributed by atoms with Crippen molar-refractivity contribution in [2.24, 2.45) is 11.5 Å². The van der Waals surface area contributed by atoms with Gasteiger partial charge in [-0.15, -0.1) is 0 Å². The lowest BCUT2D eigenvalue weighted by Crippen LogP contribution is -2.42. The zero-order chi connectivity index (χ0) is 22.3. The topological polar surface area (TPSA) is 144 Å². The van der Waals surface area contributed by atoms with E-state index in [0.29, 0.717) is 20.9 Å². The average molecular weight is 447 g/mol. The molecule has 30 heavy (non-hydrogen) atoms. The molecule has 0 heterocycles. The third-order valence-corrected chi connectivity index (χ3v) is 6.52. The van der Waals surface area contributed by atoms with Gasteiger partial charge >= 0.3 is 0 Å². The molecule has 0 aliphatic carbocycles. The van der Waals surface area contributed by atoms with Gasteiger partial charge in [0.15, 0.2) is 0 Å². The van der Waals surface area contributed by atoms with Gasteiger partial charge in [-0.25, -0.2) is 0 Å². The smallest absolute Gasteiger partial charge is 0.253 e. The van der Waals surface area contributed by atoms with E-state index in [9.17, 15) is 19.2 Å². The summed E-state index contributed by atoms with van der Waals surface area (Å²) in [7, 11) is 2.58.